The van der Waals surface area contributed by atoms with Crippen LogP contribution in [-0.2, 0) is 0 Å². The molecule has 0 aliphatic heterocycles. The molecular formula is C15H26IN3S. The molecule has 0 fully saturated rings. The van der Waals surface area contributed by atoms with Crippen LogP contribution in [0.25, 0.3) is 0 Å². The fraction of sp³-hybridized carbons (Fsp3) is 0.533. The molecule has 0 radical (unpaired) electrons. The number of nitrogens with one attached hydrogen (secondary N) is 2. The highest BCUT2D eigenvalue weighted by molar-refractivity contribution is 14.0. The number of hydrogen-bond acceptors (Lipinski definition) is 2. The second-order valence-corrected chi connectivity index (χ2v) is 6.48. The van der Waals surface area contributed by atoms with E-state index in [1.807, 2.05) is 24.9 Å². The molecule has 2 N–H and O–H groups in total. The molecule has 0 aliphatic rings. The van der Waals surface area contributed by atoms with Crippen LogP contribution < -0.4 is 10.6 Å². The monoisotopic (exact) mass is 407 g/mol. The average molecular weight is 407 g/mol. The SMILES string of the molecule is CN=C(NCC(C)C)NCC(C)Sc1ccccc1.I. The summed E-state index contributed by atoms with van der Waals surface area (Å²) in [5.74, 6) is 1.50. The van der Waals surface area contributed by atoms with E-state index in [1.54, 1.807) is 0 Å². The lowest BCUT2D eigenvalue weighted by Crippen LogP contribution is -2.41. The molecule has 0 heterocycles. The van der Waals surface area contributed by atoms with Gasteiger partial charge in [-0.2, -0.15) is 0 Å². The van der Waals surface area contributed by atoms with Gasteiger partial charge in [0.1, 0.15) is 0 Å². The van der Waals surface area contributed by atoms with Gasteiger partial charge < -0.3 is 10.6 Å². The lowest BCUT2D eigenvalue weighted by molar-refractivity contribution is 0.614. The third-order valence-corrected chi connectivity index (χ3v) is 3.65. The summed E-state index contributed by atoms with van der Waals surface area (Å²) in [5.41, 5.74) is 0. The predicted molar refractivity (Wildman–Crippen MR) is 101 cm³/mol. The Balaban J connectivity index is 0.00000361. The first-order chi connectivity index (χ1) is 9.11. The normalized spacial score (nSPS) is 12.8. The van der Waals surface area contributed by atoms with Crippen LogP contribution in [0.15, 0.2) is 40.2 Å². The largest absolute Gasteiger partial charge is 0.356 e. The molecule has 1 unspecified atom stereocenters. The van der Waals surface area contributed by atoms with E-state index < -0.39 is 0 Å². The van der Waals surface area contributed by atoms with E-state index in [1.165, 1.54) is 4.90 Å². The summed E-state index contributed by atoms with van der Waals surface area (Å²) in [6, 6.07) is 10.5. The van der Waals surface area contributed by atoms with Crippen molar-refractivity contribution in [2.75, 3.05) is 20.1 Å². The number of halogens is 1. The van der Waals surface area contributed by atoms with Crippen LogP contribution in [0.4, 0.5) is 0 Å². The zero-order valence-corrected chi connectivity index (χ0v) is 15.9. The molecule has 1 atom stereocenters. The molecule has 0 aliphatic carbocycles. The average Bonchev–Trinajstić information content (AvgIpc) is 2.39. The topological polar surface area (TPSA) is 36.4 Å². The maximum absolute atomic E-state index is 4.22. The summed E-state index contributed by atoms with van der Waals surface area (Å²) >= 11 is 1.88. The highest BCUT2D eigenvalue weighted by Crippen LogP contribution is 2.21. The standard InChI is InChI=1S/C15H25N3S.HI/c1-12(2)10-17-15(16-4)18-11-13(3)19-14-8-6-5-7-9-14;/h5-9,12-13H,10-11H2,1-4H3,(H2,16,17,18);1H. The first-order valence-corrected chi connectivity index (χ1v) is 7.66. The first kappa shape index (κ1) is 19.6. The van der Waals surface area contributed by atoms with E-state index in [0.717, 1.165) is 19.0 Å². The molecule has 0 saturated carbocycles. The van der Waals surface area contributed by atoms with Crippen molar-refractivity contribution in [3.05, 3.63) is 30.3 Å². The Labute approximate surface area is 144 Å². The number of benzene rings is 1. The van der Waals surface area contributed by atoms with Gasteiger partial charge >= 0.3 is 0 Å². The minimum absolute atomic E-state index is 0. The van der Waals surface area contributed by atoms with Gasteiger partial charge in [-0.1, -0.05) is 39.0 Å². The van der Waals surface area contributed by atoms with Gasteiger partial charge in [-0.3, -0.25) is 4.99 Å². The van der Waals surface area contributed by atoms with Gasteiger partial charge in [0, 0.05) is 30.3 Å². The molecule has 20 heavy (non-hydrogen) atoms. The smallest absolute Gasteiger partial charge is 0.191 e. The molecule has 0 spiro atoms. The number of thioether (sulfide) groups is 1. The fourth-order valence-corrected chi connectivity index (χ4v) is 2.48. The van der Waals surface area contributed by atoms with Gasteiger partial charge in [0.2, 0.25) is 0 Å². The Hall–Kier alpha value is -0.430. The van der Waals surface area contributed by atoms with E-state index in [4.69, 9.17) is 0 Å². The van der Waals surface area contributed by atoms with Crippen molar-refractivity contribution in [3.63, 3.8) is 0 Å². The quantitative estimate of drug-likeness (QED) is 0.328. The van der Waals surface area contributed by atoms with Gasteiger partial charge in [-0.05, 0) is 18.1 Å². The van der Waals surface area contributed by atoms with E-state index in [9.17, 15) is 0 Å². The summed E-state index contributed by atoms with van der Waals surface area (Å²) in [6.45, 7) is 8.44. The third-order valence-electron chi connectivity index (χ3n) is 2.54. The predicted octanol–water partition coefficient (Wildman–Crippen LogP) is 3.61. The number of guanidine groups is 1. The van der Waals surface area contributed by atoms with Crippen LogP contribution in [-0.4, -0.2) is 31.3 Å². The highest BCUT2D eigenvalue weighted by atomic mass is 127. The maximum atomic E-state index is 4.22. The Morgan fingerprint density at radius 2 is 1.70 bits per heavy atom. The first-order valence-electron chi connectivity index (χ1n) is 6.78. The van der Waals surface area contributed by atoms with E-state index in [2.05, 4.69) is 60.7 Å². The number of hydrogen-bond donors (Lipinski definition) is 2. The second kappa shape index (κ2) is 11.3. The number of aliphatic imine (C=N–C) groups is 1. The summed E-state index contributed by atoms with van der Waals surface area (Å²) in [6.07, 6.45) is 0. The molecule has 0 aromatic heterocycles. The summed E-state index contributed by atoms with van der Waals surface area (Å²) in [5, 5.41) is 7.18. The molecule has 3 nitrogen and oxygen atoms in total. The van der Waals surface area contributed by atoms with Crippen LogP contribution in [0.5, 0.6) is 0 Å². The van der Waals surface area contributed by atoms with Crippen LogP contribution in [0.3, 0.4) is 0 Å². The van der Waals surface area contributed by atoms with Crippen LogP contribution in [0, 0.1) is 5.92 Å². The van der Waals surface area contributed by atoms with Gasteiger partial charge in [-0.25, -0.2) is 0 Å². The lowest BCUT2D eigenvalue weighted by Gasteiger charge is -2.16. The lowest BCUT2D eigenvalue weighted by atomic mass is 10.2. The Bertz CT molecular complexity index is 382. The molecule has 1 rings (SSSR count). The van der Waals surface area contributed by atoms with Crippen LogP contribution >= 0.6 is 35.7 Å². The minimum atomic E-state index is 0. The molecule has 114 valence electrons. The Kier molecular flexibility index (Phi) is 11.0. The summed E-state index contributed by atoms with van der Waals surface area (Å²) in [7, 11) is 1.81. The third kappa shape index (κ3) is 8.68. The molecule has 5 heteroatoms. The second-order valence-electron chi connectivity index (χ2n) is 4.97. The molecule has 0 bridgehead atoms. The van der Waals surface area contributed by atoms with Crippen molar-refractivity contribution < 1.29 is 0 Å². The van der Waals surface area contributed by atoms with Crippen LogP contribution in [0.1, 0.15) is 20.8 Å². The number of rotatable bonds is 6. The summed E-state index contributed by atoms with van der Waals surface area (Å²) in [4.78, 5) is 5.53. The van der Waals surface area contributed by atoms with Gasteiger partial charge in [-0.15, -0.1) is 35.7 Å². The molecule has 0 saturated heterocycles. The highest BCUT2D eigenvalue weighted by Gasteiger charge is 2.05. The Morgan fingerprint density at radius 1 is 1.10 bits per heavy atom. The fourth-order valence-electron chi connectivity index (χ4n) is 1.53. The number of nitrogens with zero attached hydrogens (tertiary/aromatic N) is 1. The van der Waals surface area contributed by atoms with Gasteiger partial charge in [0.15, 0.2) is 5.96 Å². The molecule has 0 amide bonds. The van der Waals surface area contributed by atoms with Gasteiger partial charge in [0.05, 0.1) is 0 Å². The van der Waals surface area contributed by atoms with E-state index in [0.29, 0.717) is 11.2 Å². The van der Waals surface area contributed by atoms with Crippen molar-refractivity contribution in [2.24, 2.45) is 10.9 Å². The van der Waals surface area contributed by atoms with Crippen molar-refractivity contribution in [3.8, 4) is 0 Å². The van der Waals surface area contributed by atoms with Crippen LogP contribution in [0.2, 0.25) is 0 Å². The summed E-state index contributed by atoms with van der Waals surface area (Å²) < 4.78 is 0. The van der Waals surface area contributed by atoms with Gasteiger partial charge in [0.25, 0.3) is 0 Å². The van der Waals surface area contributed by atoms with Crippen molar-refractivity contribution in [1.82, 2.24) is 10.6 Å². The molecule has 1 aromatic rings. The maximum Gasteiger partial charge on any atom is 0.191 e. The minimum Gasteiger partial charge on any atom is -0.356 e. The zero-order valence-electron chi connectivity index (χ0n) is 12.7. The Morgan fingerprint density at radius 3 is 2.25 bits per heavy atom. The van der Waals surface area contributed by atoms with Crippen molar-refractivity contribution in [2.45, 2.75) is 30.9 Å². The van der Waals surface area contributed by atoms with E-state index in [-0.39, 0.29) is 24.0 Å². The van der Waals surface area contributed by atoms with Crippen molar-refractivity contribution in [1.29, 1.82) is 0 Å². The zero-order chi connectivity index (χ0) is 14.1. The van der Waals surface area contributed by atoms with E-state index >= 15 is 0 Å². The van der Waals surface area contributed by atoms with Crippen molar-refractivity contribution >= 4 is 41.7 Å². The molecule has 1 aromatic carbocycles. The molecular weight excluding hydrogens is 381 g/mol.